The van der Waals surface area contributed by atoms with E-state index in [0.717, 1.165) is 6.07 Å². The lowest BCUT2D eigenvalue weighted by atomic mass is 10.2. The van der Waals surface area contributed by atoms with E-state index in [1.54, 1.807) is 0 Å². The van der Waals surface area contributed by atoms with Crippen LogP contribution in [-0.4, -0.2) is 11.1 Å². The summed E-state index contributed by atoms with van der Waals surface area (Å²) in [5, 5.41) is 8.87. The van der Waals surface area contributed by atoms with Crippen molar-refractivity contribution in [1.29, 1.82) is 0 Å². The predicted molar refractivity (Wildman–Crippen MR) is 69.1 cm³/mol. The third kappa shape index (κ3) is 3.05. The summed E-state index contributed by atoms with van der Waals surface area (Å²) in [4.78, 5) is 10.7. The summed E-state index contributed by atoms with van der Waals surface area (Å²) in [7, 11) is 0. The Labute approximate surface area is 118 Å². The molecule has 0 spiro atoms. The molecule has 0 saturated heterocycles. The molecule has 1 N–H and O–H groups in total. The standard InChI is InChI=1S/C14H9ClF2O3/c15-10-6-8(14(18)19)4-5-12(10)20-7-9-2-1-3-11(16)13(9)17/h1-6H,7H2,(H,18,19). The molecule has 20 heavy (non-hydrogen) atoms. The highest BCUT2D eigenvalue weighted by Crippen LogP contribution is 2.26. The van der Waals surface area contributed by atoms with Gasteiger partial charge in [-0.1, -0.05) is 23.7 Å². The Morgan fingerprint density at radius 2 is 2.00 bits per heavy atom. The molecular formula is C14H9ClF2O3. The zero-order chi connectivity index (χ0) is 14.7. The van der Waals surface area contributed by atoms with Gasteiger partial charge in [0.1, 0.15) is 12.4 Å². The highest BCUT2D eigenvalue weighted by atomic mass is 35.5. The molecule has 2 rings (SSSR count). The van der Waals surface area contributed by atoms with Gasteiger partial charge in [0.05, 0.1) is 10.6 Å². The molecule has 0 aliphatic heterocycles. The van der Waals surface area contributed by atoms with E-state index < -0.39 is 17.6 Å². The third-order valence-electron chi connectivity index (χ3n) is 2.59. The number of aromatic carboxylic acids is 1. The highest BCUT2D eigenvalue weighted by molar-refractivity contribution is 6.32. The van der Waals surface area contributed by atoms with Crippen LogP contribution in [0.5, 0.6) is 5.75 Å². The van der Waals surface area contributed by atoms with Crippen molar-refractivity contribution < 1.29 is 23.4 Å². The van der Waals surface area contributed by atoms with E-state index >= 15 is 0 Å². The molecule has 0 bridgehead atoms. The van der Waals surface area contributed by atoms with Crippen LogP contribution in [0.3, 0.4) is 0 Å². The van der Waals surface area contributed by atoms with Crippen LogP contribution < -0.4 is 4.74 Å². The Hall–Kier alpha value is -2.14. The van der Waals surface area contributed by atoms with E-state index in [4.69, 9.17) is 21.4 Å². The summed E-state index contributed by atoms with van der Waals surface area (Å²) in [6.45, 7) is -0.213. The molecule has 0 saturated carbocycles. The summed E-state index contributed by atoms with van der Waals surface area (Å²) < 4.78 is 31.7. The van der Waals surface area contributed by atoms with Gasteiger partial charge in [-0.3, -0.25) is 0 Å². The minimum atomic E-state index is -1.12. The first-order chi connectivity index (χ1) is 9.49. The lowest BCUT2D eigenvalue weighted by Gasteiger charge is -2.09. The van der Waals surface area contributed by atoms with Crippen molar-refractivity contribution in [1.82, 2.24) is 0 Å². The summed E-state index contributed by atoms with van der Waals surface area (Å²) in [6, 6.07) is 7.66. The van der Waals surface area contributed by atoms with Crippen LogP contribution >= 0.6 is 11.6 Å². The molecule has 6 heteroatoms. The number of benzene rings is 2. The second-order valence-corrected chi connectivity index (χ2v) is 4.36. The summed E-state index contributed by atoms with van der Waals surface area (Å²) in [5.74, 6) is -2.86. The zero-order valence-electron chi connectivity index (χ0n) is 10.1. The molecule has 0 fully saturated rings. The summed E-state index contributed by atoms with van der Waals surface area (Å²) in [6.07, 6.45) is 0. The minimum Gasteiger partial charge on any atom is -0.487 e. The molecule has 0 radical (unpaired) electrons. The van der Waals surface area contributed by atoms with E-state index in [-0.39, 0.29) is 28.5 Å². The monoisotopic (exact) mass is 298 g/mol. The largest absolute Gasteiger partial charge is 0.487 e. The molecule has 0 aliphatic rings. The zero-order valence-corrected chi connectivity index (χ0v) is 10.8. The van der Waals surface area contributed by atoms with Crippen LogP contribution in [0.1, 0.15) is 15.9 Å². The quantitative estimate of drug-likeness (QED) is 0.931. The molecule has 104 valence electrons. The number of hydrogen-bond acceptors (Lipinski definition) is 2. The molecule has 2 aromatic rings. The van der Waals surface area contributed by atoms with Crippen LogP contribution in [0.4, 0.5) is 8.78 Å². The number of carbonyl (C=O) groups is 1. The van der Waals surface area contributed by atoms with Crippen LogP contribution in [-0.2, 0) is 6.61 Å². The smallest absolute Gasteiger partial charge is 0.335 e. The highest BCUT2D eigenvalue weighted by Gasteiger charge is 2.11. The van der Waals surface area contributed by atoms with Gasteiger partial charge in [0.15, 0.2) is 11.6 Å². The molecule has 0 aliphatic carbocycles. The fourth-order valence-corrected chi connectivity index (χ4v) is 1.80. The molecule has 2 aromatic carbocycles. The van der Waals surface area contributed by atoms with Gasteiger partial charge >= 0.3 is 5.97 Å². The molecule has 0 atom stereocenters. The van der Waals surface area contributed by atoms with E-state index in [9.17, 15) is 13.6 Å². The van der Waals surface area contributed by atoms with E-state index in [1.807, 2.05) is 0 Å². The van der Waals surface area contributed by atoms with Crippen LogP contribution in [0.2, 0.25) is 5.02 Å². The molecule has 0 amide bonds. The Bertz CT molecular complexity index is 659. The predicted octanol–water partition coefficient (Wildman–Crippen LogP) is 3.90. The lowest BCUT2D eigenvalue weighted by molar-refractivity contribution is 0.0697. The maximum absolute atomic E-state index is 13.4. The van der Waals surface area contributed by atoms with Gasteiger partial charge in [0.25, 0.3) is 0 Å². The van der Waals surface area contributed by atoms with Crippen molar-refractivity contribution in [2.24, 2.45) is 0 Å². The van der Waals surface area contributed by atoms with Crippen molar-refractivity contribution in [2.45, 2.75) is 6.61 Å². The molecule has 0 heterocycles. The van der Waals surface area contributed by atoms with E-state index in [0.29, 0.717) is 0 Å². The van der Waals surface area contributed by atoms with Crippen LogP contribution in [0.15, 0.2) is 36.4 Å². The van der Waals surface area contributed by atoms with Crippen molar-refractivity contribution in [3.05, 3.63) is 64.2 Å². The van der Waals surface area contributed by atoms with Crippen LogP contribution in [0.25, 0.3) is 0 Å². The number of carboxylic acids is 1. The lowest BCUT2D eigenvalue weighted by Crippen LogP contribution is -2.02. The normalized spacial score (nSPS) is 10.3. The number of rotatable bonds is 4. The van der Waals surface area contributed by atoms with Gasteiger partial charge < -0.3 is 9.84 Å². The minimum absolute atomic E-state index is 0.0132. The van der Waals surface area contributed by atoms with Crippen molar-refractivity contribution in [2.75, 3.05) is 0 Å². The Morgan fingerprint density at radius 1 is 1.25 bits per heavy atom. The average molecular weight is 299 g/mol. The average Bonchev–Trinajstić information content (AvgIpc) is 2.41. The number of ether oxygens (including phenoxy) is 1. The summed E-state index contributed by atoms with van der Waals surface area (Å²) in [5.41, 5.74) is 0.0580. The van der Waals surface area contributed by atoms with Gasteiger partial charge in [-0.05, 0) is 24.3 Å². The molecule has 3 nitrogen and oxygen atoms in total. The molecule has 0 aromatic heterocycles. The SMILES string of the molecule is O=C(O)c1ccc(OCc2cccc(F)c2F)c(Cl)c1. The Kier molecular flexibility index (Phi) is 4.20. The van der Waals surface area contributed by atoms with Crippen molar-refractivity contribution in [3.8, 4) is 5.75 Å². The first kappa shape index (κ1) is 14.3. The fraction of sp³-hybridized carbons (Fsp3) is 0.0714. The molecular weight excluding hydrogens is 290 g/mol. The number of carboxylic acid groups (broad SMARTS) is 1. The van der Waals surface area contributed by atoms with Gasteiger partial charge in [0, 0.05) is 5.56 Å². The van der Waals surface area contributed by atoms with Gasteiger partial charge in [-0.15, -0.1) is 0 Å². The van der Waals surface area contributed by atoms with E-state index in [2.05, 4.69) is 0 Å². The van der Waals surface area contributed by atoms with E-state index in [1.165, 1.54) is 30.3 Å². The number of halogens is 3. The molecule has 0 unspecified atom stereocenters. The Morgan fingerprint density at radius 3 is 2.65 bits per heavy atom. The van der Waals surface area contributed by atoms with Crippen molar-refractivity contribution >= 4 is 17.6 Å². The fourth-order valence-electron chi connectivity index (χ4n) is 1.57. The second kappa shape index (κ2) is 5.88. The van der Waals surface area contributed by atoms with Gasteiger partial charge in [-0.2, -0.15) is 0 Å². The summed E-state index contributed by atoms with van der Waals surface area (Å²) >= 11 is 5.85. The second-order valence-electron chi connectivity index (χ2n) is 3.95. The third-order valence-corrected chi connectivity index (χ3v) is 2.89. The topological polar surface area (TPSA) is 46.5 Å². The van der Waals surface area contributed by atoms with Gasteiger partial charge in [0.2, 0.25) is 0 Å². The Balaban J connectivity index is 2.15. The van der Waals surface area contributed by atoms with Crippen LogP contribution in [0, 0.1) is 11.6 Å². The maximum atomic E-state index is 13.4. The maximum Gasteiger partial charge on any atom is 0.335 e. The number of hydrogen-bond donors (Lipinski definition) is 1. The first-order valence-corrected chi connectivity index (χ1v) is 5.95. The van der Waals surface area contributed by atoms with Crippen molar-refractivity contribution in [3.63, 3.8) is 0 Å². The van der Waals surface area contributed by atoms with Gasteiger partial charge in [-0.25, -0.2) is 13.6 Å². The first-order valence-electron chi connectivity index (χ1n) is 5.57.